The Morgan fingerprint density at radius 3 is 2.55 bits per heavy atom. The van der Waals surface area contributed by atoms with Gasteiger partial charge in [0.15, 0.2) is 0 Å². The number of aliphatic hydroxyl groups is 1. The highest BCUT2D eigenvalue weighted by Gasteiger charge is 2.41. The van der Waals surface area contributed by atoms with Crippen LogP contribution in [0.25, 0.3) is 0 Å². The summed E-state index contributed by atoms with van der Waals surface area (Å²) in [6.07, 6.45) is 3.02. The third kappa shape index (κ3) is 3.02. The minimum atomic E-state index is -3.66. The van der Waals surface area contributed by atoms with Gasteiger partial charge in [0.1, 0.15) is 5.82 Å². The zero-order valence-corrected chi connectivity index (χ0v) is 12.6. The maximum Gasteiger partial charge on any atom is 0.240 e. The van der Waals surface area contributed by atoms with Crippen molar-refractivity contribution in [2.45, 2.75) is 44.6 Å². The van der Waals surface area contributed by atoms with Crippen LogP contribution >= 0.6 is 0 Å². The second-order valence-corrected chi connectivity index (χ2v) is 7.32. The van der Waals surface area contributed by atoms with Crippen molar-refractivity contribution in [3.63, 3.8) is 0 Å². The first-order valence-electron chi connectivity index (χ1n) is 6.73. The van der Waals surface area contributed by atoms with Crippen molar-refractivity contribution < 1.29 is 17.9 Å². The maximum absolute atomic E-state index is 13.6. The van der Waals surface area contributed by atoms with E-state index in [4.69, 9.17) is 5.11 Å². The van der Waals surface area contributed by atoms with E-state index < -0.39 is 22.4 Å². The molecule has 0 spiro atoms. The third-order valence-electron chi connectivity index (χ3n) is 4.13. The summed E-state index contributed by atoms with van der Waals surface area (Å²) < 4.78 is 40.7. The van der Waals surface area contributed by atoms with Gasteiger partial charge < -0.3 is 5.11 Å². The van der Waals surface area contributed by atoms with E-state index in [1.54, 1.807) is 0 Å². The number of aliphatic hydroxyl groups excluding tert-OH is 1. The molecular formula is C14H20FNO3S. The van der Waals surface area contributed by atoms with E-state index in [0.717, 1.165) is 19.3 Å². The molecule has 4 nitrogen and oxygen atoms in total. The summed E-state index contributed by atoms with van der Waals surface area (Å²) in [7, 11) is -3.66. The van der Waals surface area contributed by atoms with Gasteiger partial charge in [-0.05, 0) is 49.3 Å². The number of sulfonamides is 1. The van der Waals surface area contributed by atoms with Crippen LogP contribution in [0.3, 0.4) is 0 Å². The SMILES string of the molecule is CCC1(CNS(=O)(=O)c2cc(C)c(F)c(CO)c2)CC1. The minimum absolute atomic E-state index is 0.00185. The Balaban J connectivity index is 2.23. The topological polar surface area (TPSA) is 66.4 Å². The number of benzene rings is 1. The van der Waals surface area contributed by atoms with Crippen LogP contribution in [0.15, 0.2) is 17.0 Å². The van der Waals surface area contributed by atoms with Crippen molar-refractivity contribution in [2.75, 3.05) is 6.54 Å². The number of aryl methyl sites for hydroxylation is 1. The molecule has 0 radical (unpaired) electrons. The van der Waals surface area contributed by atoms with Crippen LogP contribution in [0.2, 0.25) is 0 Å². The molecular weight excluding hydrogens is 281 g/mol. The first-order chi connectivity index (χ1) is 9.33. The molecule has 1 saturated carbocycles. The van der Waals surface area contributed by atoms with Gasteiger partial charge in [0, 0.05) is 12.1 Å². The molecule has 1 aliphatic rings. The fraction of sp³-hybridized carbons (Fsp3) is 0.571. The van der Waals surface area contributed by atoms with Gasteiger partial charge >= 0.3 is 0 Å². The first-order valence-corrected chi connectivity index (χ1v) is 8.21. The molecule has 1 aromatic carbocycles. The molecule has 0 amide bonds. The van der Waals surface area contributed by atoms with Crippen molar-refractivity contribution >= 4 is 10.0 Å². The molecule has 0 unspecified atom stereocenters. The lowest BCUT2D eigenvalue weighted by molar-refractivity contribution is 0.275. The molecule has 0 heterocycles. The summed E-state index contributed by atoms with van der Waals surface area (Å²) in [5.74, 6) is -0.557. The molecule has 0 aromatic heterocycles. The third-order valence-corrected chi connectivity index (χ3v) is 5.51. The standard InChI is InChI=1S/C14H20FNO3S/c1-3-14(4-5-14)9-16-20(18,19)12-6-10(2)13(15)11(7-12)8-17/h6-7,16-17H,3-5,8-9H2,1-2H3. The fourth-order valence-corrected chi connectivity index (χ4v) is 3.53. The molecule has 1 aliphatic carbocycles. The van der Waals surface area contributed by atoms with Crippen LogP contribution in [-0.4, -0.2) is 20.1 Å². The van der Waals surface area contributed by atoms with E-state index in [-0.39, 0.29) is 21.4 Å². The molecule has 6 heteroatoms. The van der Waals surface area contributed by atoms with Gasteiger partial charge in [-0.15, -0.1) is 0 Å². The monoisotopic (exact) mass is 301 g/mol. The summed E-state index contributed by atoms with van der Waals surface area (Å²) >= 11 is 0. The molecule has 0 atom stereocenters. The van der Waals surface area contributed by atoms with Gasteiger partial charge in [-0.1, -0.05) is 6.92 Å². The molecule has 2 N–H and O–H groups in total. The zero-order valence-electron chi connectivity index (χ0n) is 11.7. The van der Waals surface area contributed by atoms with E-state index in [9.17, 15) is 12.8 Å². The Kier molecular flexibility index (Phi) is 4.18. The highest BCUT2D eigenvalue weighted by atomic mass is 32.2. The summed E-state index contributed by atoms with van der Waals surface area (Å²) in [6.45, 7) is 3.43. The van der Waals surface area contributed by atoms with Gasteiger partial charge in [0.05, 0.1) is 11.5 Å². The second-order valence-electron chi connectivity index (χ2n) is 5.55. The maximum atomic E-state index is 13.6. The van der Waals surface area contributed by atoms with Crippen molar-refractivity contribution in [1.29, 1.82) is 0 Å². The Morgan fingerprint density at radius 2 is 2.05 bits per heavy atom. The number of nitrogens with one attached hydrogen (secondary N) is 1. The van der Waals surface area contributed by atoms with Gasteiger partial charge in [-0.25, -0.2) is 17.5 Å². The Labute approximate surface area is 119 Å². The first kappa shape index (κ1) is 15.4. The lowest BCUT2D eigenvalue weighted by Crippen LogP contribution is -2.30. The Bertz CT molecular complexity index is 609. The van der Waals surface area contributed by atoms with Crippen molar-refractivity contribution in [3.8, 4) is 0 Å². The van der Waals surface area contributed by atoms with Gasteiger partial charge in [0.2, 0.25) is 10.0 Å². The van der Waals surface area contributed by atoms with Gasteiger partial charge in [-0.3, -0.25) is 0 Å². The highest BCUT2D eigenvalue weighted by molar-refractivity contribution is 7.89. The Hall–Kier alpha value is -0.980. The van der Waals surface area contributed by atoms with Gasteiger partial charge in [-0.2, -0.15) is 0 Å². The van der Waals surface area contributed by atoms with E-state index in [1.165, 1.54) is 19.1 Å². The van der Waals surface area contributed by atoms with Crippen LogP contribution in [-0.2, 0) is 16.6 Å². The molecule has 20 heavy (non-hydrogen) atoms. The smallest absolute Gasteiger partial charge is 0.240 e. The zero-order chi connectivity index (χ0) is 15.0. The summed E-state index contributed by atoms with van der Waals surface area (Å²) in [5, 5.41) is 9.09. The predicted molar refractivity (Wildman–Crippen MR) is 74.2 cm³/mol. The van der Waals surface area contributed by atoms with Crippen LogP contribution < -0.4 is 4.72 Å². The van der Waals surface area contributed by atoms with Crippen molar-refractivity contribution in [2.24, 2.45) is 5.41 Å². The lowest BCUT2D eigenvalue weighted by Gasteiger charge is -2.15. The predicted octanol–water partition coefficient (Wildman–Crippen LogP) is 2.09. The fourth-order valence-electron chi connectivity index (χ4n) is 2.24. The summed E-state index contributed by atoms with van der Waals surface area (Å²) in [4.78, 5) is 0.00681. The normalized spacial score (nSPS) is 17.2. The Morgan fingerprint density at radius 1 is 1.40 bits per heavy atom. The number of hydrogen-bond donors (Lipinski definition) is 2. The van der Waals surface area contributed by atoms with Gasteiger partial charge in [0.25, 0.3) is 0 Å². The van der Waals surface area contributed by atoms with Crippen molar-refractivity contribution in [1.82, 2.24) is 4.72 Å². The molecule has 0 aliphatic heterocycles. The summed E-state index contributed by atoms with van der Waals surface area (Å²) in [6, 6.07) is 2.48. The molecule has 2 rings (SSSR count). The van der Waals surface area contributed by atoms with Crippen LogP contribution in [0.1, 0.15) is 37.3 Å². The highest BCUT2D eigenvalue weighted by Crippen LogP contribution is 2.48. The van der Waals surface area contributed by atoms with Crippen molar-refractivity contribution in [3.05, 3.63) is 29.1 Å². The van der Waals surface area contributed by atoms with E-state index >= 15 is 0 Å². The second kappa shape index (κ2) is 5.42. The molecule has 112 valence electrons. The largest absolute Gasteiger partial charge is 0.392 e. The molecule has 0 bridgehead atoms. The average Bonchev–Trinajstić information content (AvgIpc) is 3.20. The quantitative estimate of drug-likeness (QED) is 0.845. The van der Waals surface area contributed by atoms with E-state index in [0.29, 0.717) is 6.54 Å². The number of halogens is 1. The van der Waals surface area contributed by atoms with Crippen LogP contribution in [0.5, 0.6) is 0 Å². The number of rotatable bonds is 6. The minimum Gasteiger partial charge on any atom is -0.392 e. The molecule has 1 aromatic rings. The summed E-state index contributed by atoms with van der Waals surface area (Å²) in [5.41, 5.74) is 0.317. The average molecular weight is 301 g/mol. The van der Waals surface area contributed by atoms with E-state index in [2.05, 4.69) is 4.72 Å². The van der Waals surface area contributed by atoms with Crippen LogP contribution in [0, 0.1) is 18.2 Å². The molecule has 0 saturated heterocycles. The molecule has 1 fully saturated rings. The lowest BCUT2D eigenvalue weighted by atomic mass is 10.1. The van der Waals surface area contributed by atoms with E-state index in [1.807, 2.05) is 6.92 Å². The van der Waals surface area contributed by atoms with Crippen LogP contribution in [0.4, 0.5) is 4.39 Å². The number of hydrogen-bond acceptors (Lipinski definition) is 3.